The second-order valence-corrected chi connectivity index (χ2v) is 4.79. The van der Waals surface area contributed by atoms with E-state index in [0.29, 0.717) is 0 Å². The quantitative estimate of drug-likeness (QED) is 0.667. The van der Waals surface area contributed by atoms with Crippen LogP contribution in [0.1, 0.15) is 26.2 Å². The molecule has 2 nitrogen and oxygen atoms in total. The van der Waals surface area contributed by atoms with Crippen molar-refractivity contribution in [2.45, 2.75) is 26.2 Å². The maximum atomic E-state index is 5.50. The minimum atomic E-state index is 0.914. The van der Waals surface area contributed by atoms with Crippen LogP contribution in [0.15, 0.2) is 48.5 Å². The fraction of sp³-hybridized carbons (Fsp3) is 0.333. The first-order valence-corrected chi connectivity index (χ1v) is 7.23. The lowest BCUT2D eigenvalue weighted by atomic mass is 10.2. The van der Waals surface area contributed by atoms with Gasteiger partial charge < -0.3 is 9.64 Å². The Bertz CT molecular complexity index is 510. The number of unbranched alkanes of at least 4 members (excludes halogenated alkanes) is 2. The van der Waals surface area contributed by atoms with Crippen molar-refractivity contribution in [2.24, 2.45) is 0 Å². The van der Waals surface area contributed by atoms with E-state index in [2.05, 4.69) is 42.2 Å². The third-order valence-electron chi connectivity index (χ3n) is 3.37. The summed E-state index contributed by atoms with van der Waals surface area (Å²) in [5.41, 5.74) is 2.31. The largest absolute Gasteiger partial charge is 0.495 e. The minimum absolute atomic E-state index is 0.914. The van der Waals surface area contributed by atoms with Crippen molar-refractivity contribution in [3.8, 4) is 5.75 Å². The molecule has 0 spiro atoms. The van der Waals surface area contributed by atoms with Crippen molar-refractivity contribution in [3.05, 3.63) is 54.6 Å². The van der Waals surface area contributed by atoms with Gasteiger partial charge in [-0.3, -0.25) is 0 Å². The van der Waals surface area contributed by atoms with Gasteiger partial charge in [-0.25, -0.2) is 0 Å². The van der Waals surface area contributed by atoms with E-state index in [4.69, 9.17) is 4.74 Å². The Labute approximate surface area is 122 Å². The Kier molecular flexibility index (Phi) is 5.48. The van der Waals surface area contributed by atoms with E-state index < -0.39 is 0 Å². The van der Waals surface area contributed by atoms with E-state index in [-0.39, 0.29) is 0 Å². The minimum Gasteiger partial charge on any atom is -0.495 e. The second-order valence-electron chi connectivity index (χ2n) is 4.79. The van der Waals surface area contributed by atoms with Crippen molar-refractivity contribution in [1.82, 2.24) is 0 Å². The summed E-state index contributed by atoms with van der Waals surface area (Å²) in [7, 11) is 1.72. The van der Waals surface area contributed by atoms with Crippen molar-refractivity contribution in [3.63, 3.8) is 0 Å². The molecule has 0 atom stereocenters. The monoisotopic (exact) mass is 268 g/mol. The van der Waals surface area contributed by atoms with Crippen LogP contribution in [0.25, 0.3) is 0 Å². The number of anilines is 2. The lowest BCUT2D eigenvalue weighted by molar-refractivity contribution is 0.415. The Morgan fingerprint density at radius 1 is 1.05 bits per heavy atom. The van der Waals surface area contributed by atoms with E-state index >= 15 is 0 Å². The standard InChI is InChI=1S/C18H22NO/c1-3-4-10-15-19(16-11-6-5-7-12-16)17-13-8-9-14-18(17)20-2/h6-9,11-14H,3-4,10,15H2,1-2H3. The van der Waals surface area contributed by atoms with E-state index in [1.807, 2.05) is 24.3 Å². The highest BCUT2D eigenvalue weighted by atomic mass is 16.5. The van der Waals surface area contributed by atoms with Gasteiger partial charge in [0.2, 0.25) is 0 Å². The fourth-order valence-corrected chi connectivity index (χ4v) is 2.32. The third-order valence-corrected chi connectivity index (χ3v) is 3.37. The molecule has 105 valence electrons. The van der Waals surface area contributed by atoms with Gasteiger partial charge in [0.25, 0.3) is 0 Å². The molecular weight excluding hydrogens is 246 g/mol. The molecule has 0 amide bonds. The summed E-state index contributed by atoms with van der Waals surface area (Å²) in [6.45, 7) is 3.23. The molecule has 0 saturated heterocycles. The SMILES string of the molecule is CCCCCN(c1cc[c]cc1)c1ccccc1OC. The molecule has 0 N–H and O–H groups in total. The van der Waals surface area contributed by atoms with Crippen LogP contribution in [0.3, 0.4) is 0 Å². The van der Waals surface area contributed by atoms with Crippen LogP contribution in [0.2, 0.25) is 0 Å². The number of hydrogen-bond acceptors (Lipinski definition) is 2. The highest BCUT2D eigenvalue weighted by Crippen LogP contribution is 2.33. The molecule has 2 aromatic carbocycles. The van der Waals surface area contributed by atoms with Crippen molar-refractivity contribution in [2.75, 3.05) is 18.6 Å². The van der Waals surface area contributed by atoms with Crippen LogP contribution < -0.4 is 9.64 Å². The second kappa shape index (κ2) is 7.59. The molecule has 0 fully saturated rings. The van der Waals surface area contributed by atoms with Crippen molar-refractivity contribution in [1.29, 1.82) is 0 Å². The molecule has 0 bridgehead atoms. The van der Waals surface area contributed by atoms with Gasteiger partial charge in [-0.1, -0.05) is 44.0 Å². The molecule has 0 aromatic heterocycles. The topological polar surface area (TPSA) is 12.5 Å². The third kappa shape index (κ3) is 3.53. The molecule has 0 unspecified atom stereocenters. The van der Waals surface area contributed by atoms with Crippen LogP contribution >= 0.6 is 0 Å². The van der Waals surface area contributed by atoms with Crippen LogP contribution in [0.5, 0.6) is 5.75 Å². The Morgan fingerprint density at radius 2 is 1.80 bits per heavy atom. The molecule has 1 radical (unpaired) electrons. The summed E-state index contributed by atoms with van der Waals surface area (Å²) in [6, 6.07) is 19.4. The fourth-order valence-electron chi connectivity index (χ4n) is 2.32. The van der Waals surface area contributed by atoms with Crippen LogP contribution in [-0.4, -0.2) is 13.7 Å². The van der Waals surface area contributed by atoms with Gasteiger partial charge in [-0.05, 0) is 36.8 Å². The summed E-state index contributed by atoms with van der Waals surface area (Å²) in [5, 5.41) is 0. The first-order valence-electron chi connectivity index (χ1n) is 7.23. The first kappa shape index (κ1) is 14.4. The van der Waals surface area contributed by atoms with Gasteiger partial charge >= 0.3 is 0 Å². The Morgan fingerprint density at radius 3 is 2.50 bits per heavy atom. The molecule has 0 aliphatic heterocycles. The Balaban J connectivity index is 2.30. The number of methoxy groups -OCH3 is 1. The molecule has 20 heavy (non-hydrogen) atoms. The molecule has 0 aliphatic rings. The van der Waals surface area contributed by atoms with E-state index in [1.54, 1.807) is 7.11 Å². The number of rotatable bonds is 7. The van der Waals surface area contributed by atoms with Crippen LogP contribution in [0, 0.1) is 6.07 Å². The number of benzene rings is 2. The average Bonchev–Trinajstić information content (AvgIpc) is 2.52. The van der Waals surface area contributed by atoms with Gasteiger partial charge in [0.05, 0.1) is 12.8 Å². The molecule has 2 aromatic rings. The van der Waals surface area contributed by atoms with Crippen molar-refractivity contribution < 1.29 is 4.74 Å². The number of para-hydroxylation sites is 2. The predicted octanol–water partition coefficient (Wildman–Crippen LogP) is 4.82. The zero-order valence-electron chi connectivity index (χ0n) is 12.3. The maximum Gasteiger partial charge on any atom is 0.142 e. The first-order chi connectivity index (χ1) is 9.86. The van der Waals surface area contributed by atoms with Crippen molar-refractivity contribution >= 4 is 11.4 Å². The smallest absolute Gasteiger partial charge is 0.142 e. The molecule has 2 rings (SSSR count). The molecule has 0 heterocycles. The Hall–Kier alpha value is -1.96. The van der Waals surface area contributed by atoms with Crippen LogP contribution in [0.4, 0.5) is 11.4 Å². The lowest BCUT2D eigenvalue weighted by Crippen LogP contribution is -2.19. The summed E-state index contributed by atoms with van der Waals surface area (Å²) in [6.07, 6.45) is 3.64. The molecular formula is C18H22NO. The number of nitrogens with zero attached hydrogens (tertiary/aromatic N) is 1. The molecule has 2 heteroatoms. The van der Waals surface area contributed by atoms with Gasteiger partial charge in [0, 0.05) is 12.2 Å². The van der Waals surface area contributed by atoms with E-state index in [0.717, 1.165) is 18.0 Å². The van der Waals surface area contributed by atoms with E-state index in [1.165, 1.54) is 24.9 Å². The highest BCUT2D eigenvalue weighted by molar-refractivity contribution is 5.69. The van der Waals surface area contributed by atoms with Gasteiger partial charge in [0.15, 0.2) is 0 Å². The predicted molar refractivity (Wildman–Crippen MR) is 84.8 cm³/mol. The summed E-state index contributed by atoms with van der Waals surface area (Å²) in [5.74, 6) is 0.914. The summed E-state index contributed by atoms with van der Waals surface area (Å²) < 4.78 is 5.50. The normalized spacial score (nSPS) is 10.3. The molecule has 0 saturated carbocycles. The number of hydrogen-bond donors (Lipinski definition) is 0. The van der Waals surface area contributed by atoms with Gasteiger partial charge in [-0.15, -0.1) is 0 Å². The van der Waals surface area contributed by atoms with Gasteiger partial charge in [-0.2, -0.15) is 0 Å². The zero-order valence-corrected chi connectivity index (χ0v) is 12.3. The average molecular weight is 268 g/mol. The molecule has 0 aliphatic carbocycles. The zero-order chi connectivity index (χ0) is 14.2. The van der Waals surface area contributed by atoms with E-state index in [9.17, 15) is 0 Å². The lowest BCUT2D eigenvalue weighted by Gasteiger charge is -2.26. The summed E-state index contributed by atoms with van der Waals surface area (Å²) >= 11 is 0. The van der Waals surface area contributed by atoms with Crippen LogP contribution in [-0.2, 0) is 0 Å². The highest BCUT2D eigenvalue weighted by Gasteiger charge is 2.12. The maximum absolute atomic E-state index is 5.50. The summed E-state index contributed by atoms with van der Waals surface area (Å²) in [4.78, 5) is 2.32. The number of ether oxygens (including phenoxy) is 1. The van der Waals surface area contributed by atoms with Gasteiger partial charge in [0.1, 0.15) is 5.75 Å².